The van der Waals surface area contributed by atoms with E-state index in [0.29, 0.717) is 5.92 Å². The summed E-state index contributed by atoms with van der Waals surface area (Å²) in [5.74, 6) is 2.64. The molecule has 0 N–H and O–H groups in total. The molecule has 1 saturated heterocycles. The molecule has 3 aliphatic rings. The maximum Gasteiger partial charge on any atom is 0.225 e. The van der Waals surface area contributed by atoms with E-state index < -0.39 is 0 Å². The van der Waals surface area contributed by atoms with Gasteiger partial charge < -0.3 is 9.47 Å². The summed E-state index contributed by atoms with van der Waals surface area (Å²) >= 11 is 0. The van der Waals surface area contributed by atoms with Crippen molar-refractivity contribution >= 4 is 17.0 Å². The lowest BCUT2D eigenvalue weighted by atomic mass is 9.90. The molecule has 0 radical (unpaired) electrons. The van der Waals surface area contributed by atoms with E-state index in [0.717, 1.165) is 44.6 Å². The quantitative estimate of drug-likeness (QED) is 0.670. The maximum absolute atomic E-state index is 5.08. The van der Waals surface area contributed by atoms with E-state index in [1.54, 1.807) is 0 Å². The summed E-state index contributed by atoms with van der Waals surface area (Å²) < 4.78 is 2.47. The van der Waals surface area contributed by atoms with Gasteiger partial charge in [-0.2, -0.15) is 0 Å². The minimum Gasteiger partial charge on any atom is -0.340 e. The van der Waals surface area contributed by atoms with E-state index in [-0.39, 0.29) is 0 Å². The summed E-state index contributed by atoms with van der Waals surface area (Å²) in [6.45, 7) is 5.43. The Morgan fingerprint density at radius 2 is 1.80 bits per heavy atom. The second-order valence-electron chi connectivity index (χ2n) is 9.13. The van der Waals surface area contributed by atoms with Crippen molar-refractivity contribution in [2.45, 2.75) is 57.0 Å². The highest BCUT2D eigenvalue weighted by atomic mass is 15.3. The van der Waals surface area contributed by atoms with Crippen molar-refractivity contribution in [3.63, 3.8) is 0 Å². The summed E-state index contributed by atoms with van der Waals surface area (Å²) in [5.41, 5.74) is 3.89. The van der Waals surface area contributed by atoms with Gasteiger partial charge in [-0.15, -0.1) is 0 Å². The van der Waals surface area contributed by atoms with Gasteiger partial charge in [0.1, 0.15) is 5.82 Å². The normalized spacial score (nSPS) is 23.2. The SMILES string of the molecule is c1cnc(N2CCCC(c3ccc4c(c3)nc3n4CCN(C4CCC4)CC3)C2)nc1. The largest absolute Gasteiger partial charge is 0.340 e. The highest BCUT2D eigenvalue weighted by molar-refractivity contribution is 5.77. The minimum atomic E-state index is 0.516. The number of nitrogens with zero attached hydrogens (tertiary/aromatic N) is 6. The zero-order chi connectivity index (χ0) is 19.9. The van der Waals surface area contributed by atoms with E-state index in [9.17, 15) is 0 Å². The molecule has 1 unspecified atom stereocenters. The van der Waals surface area contributed by atoms with Crippen LogP contribution in [-0.2, 0) is 13.0 Å². The molecule has 0 amide bonds. The van der Waals surface area contributed by atoms with Crippen LogP contribution in [0.4, 0.5) is 5.95 Å². The first-order valence-corrected chi connectivity index (χ1v) is 11.6. The van der Waals surface area contributed by atoms with E-state index in [2.05, 4.69) is 42.5 Å². The van der Waals surface area contributed by atoms with Gasteiger partial charge in [0.25, 0.3) is 0 Å². The molecule has 2 aromatic heterocycles. The van der Waals surface area contributed by atoms with E-state index in [1.807, 2.05) is 18.5 Å². The van der Waals surface area contributed by atoms with Gasteiger partial charge >= 0.3 is 0 Å². The molecule has 4 heterocycles. The zero-order valence-electron chi connectivity index (χ0n) is 17.6. The van der Waals surface area contributed by atoms with Crippen LogP contribution in [0.15, 0.2) is 36.7 Å². The highest BCUT2D eigenvalue weighted by Gasteiger charge is 2.28. The maximum atomic E-state index is 5.08. The Hall–Kier alpha value is -2.47. The first kappa shape index (κ1) is 18.3. The summed E-state index contributed by atoms with van der Waals surface area (Å²) in [6.07, 6.45) is 11.3. The summed E-state index contributed by atoms with van der Waals surface area (Å²) in [5, 5.41) is 0. The van der Waals surface area contributed by atoms with Gasteiger partial charge in [0, 0.05) is 63.5 Å². The van der Waals surface area contributed by atoms with Crippen molar-refractivity contribution in [3.8, 4) is 0 Å². The first-order chi connectivity index (χ1) is 14.8. The van der Waals surface area contributed by atoms with Crippen LogP contribution < -0.4 is 4.90 Å². The Kier molecular flexibility index (Phi) is 4.67. The second kappa shape index (κ2) is 7.65. The highest BCUT2D eigenvalue weighted by Crippen LogP contribution is 2.32. The van der Waals surface area contributed by atoms with Crippen molar-refractivity contribution in [3.05, 3.63) is 48.0 Å². The Bertz CT molecular complexity index is 1020. The molecule has 6 rings (SSSR count). The molecule has 1 aliphatic carbocycles. The second-order valence-corrected chi connectivity index (χ2v) is 9.13. The third kappa shape index (κ3) is 3.27. The van der Waals surface area contributed by atoms with Crippen LogP contribution in [-0.4, -0.2) is 56.6 Å². The summed E-state index contributed by atoms with van der Waals surface area (Å²) in [4.78, 5) is 19.0. The number of anilines is 1. The summed E-state index contributed by atoms with van der Waals surface area (Å²) in [6, 6.07) is 9.72. The predicted octanol–water partition coefficient (Wildman–Crippen LogP) is 3.62. The Morgan fingerprint density at radius 3 is 2.63 bits per heavy atom. The average Bonchev–Trinajstić information content (AvgIpc) is 2.99. The van der Waals surface area contributed by atoms with Crippen LogP contribution in [0.1, 0.15) is 49.4 Å². The molecule has 1 aromatic carbocycles. The Balaban J connectivity index is 1.23. The fraction of sp³-hybridized carbons (Fsp3) is 0.542. The first-order valence-electron chi connectivity index (χ1n) is 11.6. The van der Waals surface area contributed by atoms with Crippen molar-refractivity contribution in [2.75, 3.05) is 31.1 Å². The lowest BCUT2D eigenvalue weighted by molar-refractivity contribution is 0.130. The number of aromatic nitrogens is 4. The number of imidazole rings is 1. The molecule has 0 spiro atoms. The lowest BCUT2D eigenvalue weighted by Crippen LogP contribution is -2.41. The van der Waals surface area contributed by atoms with Crippen molar-refractivity contribution in [2.24, 2.45) is 0 Å². The molecule has 6 heteroatoms. The van der Waals surface area contributed by atoms with Gasteiger partial charge in [-0.1, -0.05) is 12.5 Å². The summed E-state index contributed by atoms with van der Waals surface area (Å²) in [7, 11) is 0. The van der Waals surface area contributed by atoms with Gasteiger partial charge in [0.2, 0.25) is 5.95 Å². The van der Waals surface area contributed by atoms with Crippen LogP contribution >= 0.6 is 0 Å². The molecule has 2 aliphatic heterocycles. The third-order valence-corrected chi connectivity index (χ3v) is 7.40. The number of piperidine rings is 1. The van der Waals surface area contributed by atoms with Gasteiger partial charge in [0.05, 0.1) is 11.0 Å². The molecule has 1 saturated carbocycles. The predicted molar refractivity (Wildman–Crippen MR) is 119 cm³/mol. The van der Waals surface area contributed by atoms with Crippen LogP contribution in [0, 0.1) is 0 Å². The van der Waals surface area contributed by atoms with Crippen molar-refractivity contribution in [1.82, 2.24) is 24.4 Å². The zero-order valence-corrected chi connectivity index (χ0v) is 17.6. The fourth-order valence-electron chi connectivity index (χ4n) is 5.48. The van der Waals surface area contributed by atoms with Gasteiger partial charge in [0.15, 0.2) is 0 Å². The average molecular weight is 403 g/mol. The molecule has 1 atom stereocenters. The van der Waals surface area contributed by atoms with Crippen LogP contribution in [0.5, 0.6) is 0 Å². The number of fused-ring (bicyclic) bond motifs is 3. The topological polar surface area (TPSA) is 50.1 Å². The Morgan fingerprint density at radius 1 is 0.900 bits per heavy atom. The number of hydrogen-bond acceptors (Lipinski definition) is 5. The fourth-order valence-corrected chi connectivity index (χ4v) is 5.48. The number of rotatable bonds is 3. The van der Waals surface area contributed by atoms with Crippen LogP contribution in [0.25, 0.3) is 11.0 Å². The number of hydrogen-bond donors (Lipinski definition) is 0. The molecule has 0 bridgehead atoms. The molecular weight excluding hydrogens is 372 g/mol. The molecule has 6 nitrogen and oxygen atoms in total. The molecular formula is C24H30N6. The molecule has 30 heavy (non-hydrogen) atoms. The Labute approximate surface area is 177 Å². The standard InChI is InChI=1S/C24H30N6/c1-5-20(6-1)28-13-9-23-27-21-16-18(7-8-22(21)30(23)15-14-28)19-4-2-12-29(17-19)24-25-10-3-11-26-24/h3,7-8,10-11,16,19-20H,1-2,4-6,9,12-15,17H2. The van der Waals surface area contributed by atoms with Gasteiger partial charge in [-0.3, -0.25) is 4.90 Å². The minimum absolute atomic E-state index is 0.516. The smallest absolute Gasteiger partial charge is 0.225 e. The third-order valence-electron chi connectivity index (χ3n) is 7.40. The van der Waals surface area contributed by atoms with Crippen LogP contribution in [0.2, 0.25) is 0 Å². The van der Waals surface area contributed by atoms with Crippen molar-refractivity contribution in [1.29, 1.82) is 0 Å². The monoisotopic (exact) mass is 402 g/mol. The van der Waals surface area contributed by atoms with E-state index in [1.165, 1.54) is 61.1 Å². The van der Waals surface area contributed by atoms with Gasteiger partial charge in [-0.05, 0) is 49.4 Å². The van der Waals surface area contributed by atoms with Crippen molar-refractivity contribution < 1.29 is 0 Å². The number of benzene rings is 1. The molecule has 2 fully saturated rings. The molecule has 3 aromatic rings. The van der Waals surface area contributed by atoms with Gasteiger partial charge in [-0.25, -0.2) is 15.0 Å². The lowest BCUT2D eigenvalue weighted by Gasteiger charge is -2.36. The van der Waals surface area contributed by atoms with E-state index >= 15 is 0 Å². The van der Waals surface area contributed by atoms with E-state index in [4.69, 9.17) is 4.98 Å². The molecule has 156 valence electrons. The van der Waals surface area contributed by atoms with Crippen LogP contribution in [0.3, 0.4) is 0 Å².